The summed E-state index contributed by atoms with van der Waals surface area (Å²) in [5.41, 5.74) is -1.04. The fraction of sp³-hybridized carbons (Fsp3) is 0.643. The molecule has 2 rings (SSSR count). The van der Waals surface area contributed by atoms with E-state index in [9.17, 15) is 14.0 Å². The zero-order valence-corrected chi connectivity index (χ0v) is 13.8. The van der Waals surface area contributed by atoms with E-state index >= 15 is 0 Å². The average molecular weight is 346 g/mol. The zero-order valence-electron chi connectivity index (χ0n) is 13.0. The van der Waals surface area contributed by atoms with Crippen molar-refractivity contribution >= 4 is 17.7 Å². The van der Waals surface area contributed by atoms with Gasteiger partial charge < -0.3 is 14.2 Å². The molecule has 1 aromatic heterocycles. The highest BCUT2D eigenvalue weighted by molar-refractivity contribution is 8.00. The second-order valence-corrected chi connectivity index (χ2v) is 6.00. The highest BCUT2D eigenvalue weighted by Gasteiger charge is 2.29. The number of hydrogen-bond donors (Lipinski definition) is 0. The number of carbonyl (C=O) groups is 1. The lowest BCUT2D eigenvalue weighted by Gasteiger charge is -2.15. The molecule has 0 bridgehead atoms. The number of esters is 1. The highest BCUT2D eigenvalue weighted by atomic mass is 32.2. The van der Waals surface area contributed by atoms with Crippen LogP contribution in [0, 0.1) is 5.82 Å². The Morgan fingerprint density at radius 1 is 1.57 bits per heavy atom. The van der Waals surface area contributed by atoms with Crippen LogP contribution in [0.15, 0.2) is 11.0 Å². The second kappa shape index (κ2) is 8.30. The van der Waals surface area contributed by atoms with Gasteiger partial charge >= 0.3 is 11.7 Å². The smallest absolute Gasteiger partial charge is 0.353 e. The monoisotopic (exact) mass is 346 g/mol. The molecule has 1 aliphatic heterocycles. The van der Waals surface area contributed by atoms with Crippen LogP contribution in [0.4, 0.5) is 4.39 Å². The number of thioether (sulfide) groups is 1. The molecule has 9 heteroatoms. The van der Waals surface area contributed by atoms with E-state index in [1.807, 2.05) is 6.92 Å². The van der Waals surface area contributed by atoms with Gasteiger partial charge in [0, 0.05) is 12.2 Å². The Kier molecular flexibility index (Phi) is 6.40. The Hall–Kier alpha value is -1.61. The van der Waals surface area contributed by atoms with Crippen LogP contribution in [0.5, 0.6) is 5.88 Å². The van der Waals surface area contributed by atoms with Crippen LogP contribution in [0.1, 0.15) is 32.9 Å². The lowest BCUT2D eigenvalue weighted by molar-refractivity contribution is -0.146. The number of aromatic nitrogens is 2. The standard InChI is InChI=1S/C14H19FN2O5S/c1-3-5-11(18)21-7-12-22-10(8-23-12)17-6-9(15)13(20-4-2)16-14(17)19/h6,10,12H,3-5,7-8H2,1-2H3/t10-,12+/m1/s1. The number of halogens is 1. The van der Waals surface area contributed by atoms with Gasteiger partial charge in [0.15, 0.2) is 0 Å². The van der Waals surface area contributed by atoms with Crippen LogP contribution < -0.4 is 10.4 Å². The molecule has 0 amide bonds. The molecule has 2 heterocycles. The van der Waals surface area contributed by atoms with Crippen LogP contribution in [0.2, 0.25) is 0 Å². The third kappa shape index (κ3) is 4.68. The van der Waals surface area contributed by atoms with Crippen molar-refractivity contribution in [2.75, 3.05) is 19.0 Å². The molecule has 0 aliphatic carbocycles. The van der Waals surface area contributed by atoms with E-state index in [-0.39, 0.29) is 30.5 Å². The number of rotatable bonds is 7. The number of nitrogens with zero attached hydrogens (tertiary/aromatic N) is 2. The fourth-order valence-electron chi connectivity index (χ4n) is 1.99. The summed E-state index contributed by atoms with van der Waals surface area (Å²) in [6.07, 6.45) is 1.44. The van der Waals surface area contributed by atoms with Crippen molar-refractivity contribution in [2.45, 2.75) is 38.4 Å². The van der Waals surface area contributed by atoms with E-state index in [2.05, 4.69) is 4.98 Å². The van der Waals surface area contributed by atoms with Crippen LogP contribution in [0.3, 0.4) is 0 Å². The van der Waals surface area contributed by atoms with Gasteiger partial charge in [-0.25, -0.2) is 4.79 Å². The van der Waals surface area contributed by atoms with Crippen molar-refractivity contribution in [3.8, 4) is 5.88 Å². The maximum absolute atomic E-state index is 13.8. The van der Waals surface area contributed by atoms with Crippen molar-refractivity contribution in [1.29, 1.82) is 0 Å². The summed E-state index contributed by atoms with van der Waals surface area (Å²) in [7, 11) is 0. The van der Waals surface area contributed by atoms with Crippen molar-refractivity contribution in [3.63, 3.8) is 0 Å². The highest BCUT2D eigenvalue weighted by Crippen LogP contribution is 2.31. The van der Waals surface area contributed by atoms with Gasteiger partial charge in [0.2, 0.25) is 5.82 Å². The predicted octanol–water partition coefficient (Wildman–Crippen LogP) is 1.71. The molecule has 2 atom stereocenters. The number of hydrogen-bond acceptors (Lipinski definition) is 7. The maximum atomic E-state index is 13.8. The van der Waals surface area contributed by atoms with E-state index in [0.29, 0.717) is 18.6 Å². The van der Waals surface area contributed by atoms with Crippen LogP contribution in [-0.4, -0.2) is 39.9 Å². The molecule has 0 saturated carbocycles. The molecule has 7 nitrogen and oxygen atoms in total. The Bertz CT molecular complexity index is 609. The van der Waals surface area contributed by atoms with Gasteiger partial charge in [-0.2, -0.15) is 9.37 Å². The Balaban J connectivity index is 1.97. The Labute approximate surface area is 137 Å². The molecule has 1 aliphatic rings. The third-order valence-electron chi connectivity index (χ3n) is 3.03. The van der Waals surface area contributed by atoms with E-state index in [4.69, 9.17) is 14.2 Å². The van der Waals surface area contributed by atoms with Gasteiger partial charge in [-0.05, 0) is 13.3 Å². The van der Waals surface area contributed by atoms with Crippen molar-refractivity contribution < 1.29 is 23.4 Å². The van der Waals surface area contributed by atoms with E-state index in [0.717, 1.165) is 10.8 Å². The second-order valence-electron chi connectivity index (χ2n) is 4.80. The van der Waals surface area contributed by atoms with Gasteiger partial charge in [-0.15, -0.1) is 11.8 Å². The average Bonchev–Trinajstić information content (AvgIpc) is 2.98. The largest absolute Gasteiger partial charge is 0.476 e. The van der Waals surface area contributed by atoms with E-state index in [1.54, 1.807) is 6.92 Å². The molecular weight excluding hydrogens is 327 g/mol. The quantitative estimate of drug-likeness (QED) is 0.695. The minimum absolute atomic E-state index is 0.0989. The molecule has 0 spiro atoms. The molecule has 1 saturated heterocycles. The first kappa shape index (κ1) is 17.7. The summed E-state index contributed by atoms with van der Waals surface area (Å²) >= 11 is 1.39. The summed E-state index contributed by atoms with van der Waals surface area (Å²) in [4.78, 5) is 26.8. The maximum Gasteiger partial charge on any atom is 0.353 e. The SMILES string of the molecule is CCCC(=O)OC[C@H]1O[C@@H](n2cc(F)c(OCC)nc2=O)CS1. The lowest BCUT2D eigenvalue weighted by Crippen LogP contribution is -2.29. The van der Waals surface area contributed by atoms with Crippen LogP contribution >= 0.6 is 11.8 Å². The molecule has 1 aromatic rings. The first-order valence-corrected chi connectivity index (χ1v) is 8.44. The Morgan fingerprint density at radius 2 is 2.35 bits per heavy atom. The molecule has 0 radical (unpaired) electrons. The fourth-order valence-corrected chi connectivity index (χ4v) is 2.98. The molecule has 0 N–H and O–H groups in total. The minimum atomic E-state index is -0.724. The number of ether oxygens (including phenoxy) is 3. The van der Waals surface area contributed by atoms with Crippen molar-refractivity contribution in [3.05, 3.63) is 22.5 Å². The predicted molar refractivity (Wildman–Crippen MR) is 81.9 cm³/mol. The summed E-state index contributed by atoms with van der Waals surface area (Å²) in [5, 5.41) is 0. The van der Waals surface area contributed by atoms with Gasteiger partial charge in [0.25, 0.3) is 5.88 Å². The molecule has 128 valence electrons. The normalized spacial score (nSPS) is 20.5. The summed E-state index contributed by atoms with van der Waals surface area (Å²) in [6.45, 7) is 3.88. The summed E-state index contributed by atoms with van der Waals surface area (Å²) < 4.78 is 30.5. The first-order valence-electron chi connectivity index (χ1n) is 7.39. The van der Waals surface area contributed by atoms with E-state index < -0.39 is 17.7 Å². The molecule has 23 heavy (non-hydrogen) atoms. The summed E-state index contributed by atoms with van der Waals surface area (Å²) in [5.74, 6) is -0.890. The van der Waals surface area contributed by atoms with Gasteiger partial charge in [-0.1, -0.05) is 6.92 Å². The number of carbonyl (C=O) groups excluding carboxylic acids is 1. The first-order chi connectivity index (χ1) is 11.0. The van der Waals surface area contributed by atoms with Crippen LogP contribution in [0.25, 0.3) is 0 Å². The Morgan fingerprint density at radius 3 is 3.04 bits per heavy atom. The van der Waals surface area contributed by atoms with Crippen LogP contribution in [-0.2, 0) is 14.3 Å². The molecular formula is C14H19FN2O5S. The van der Waals surface area contributed by atoms with Gasteiger partial charge in [0.1, 0.15) is 18.3 Å². The molecule has 0 unspecified atom stereocenters. The van der Waals surface area contributed by atoms with Crippen molar-refractivity contribution in [1.82, 2.24) is 9.55 Å². The van der Waals surface area contributed by atoms with Gasteiger partial charge in [0.05, 0.1) is 12.8 Å². The minimum Gasteiger partial charge on any atom is -0.476 e. The molecule has 0 aromatic carbocycles. The lowest BCUT2D eigenvalue weighted by atomic mass is 10.3. The molecule has 1 fully saturated rings. The van der Waals surface area contributed by atoms with Gasteiger partial charge in [-0.3, -0.25) is 9.36 Å². The van der Waals surface area contributed by atoms with E-state index in [1.165, 1.54) is 11.8 Å². The topological polar surface area (TPSA) is 79.7 Å². The third-order valence-corrected chi connectivity index (χ3v) is 4.13. The zero-order chi connectivity index (χ0) is 16.8. The summed E-state index contributed by atoms with van der Waals surface area (Å²) in [6, 6.07) is 0. The van der Waals surface area contributed by atoms with Crippen molar-refractivity contribution in [2.24, 2.45) is 0 Å².